The van der Waals surface area contributed by atoms with Crippen LogP contribution in [0.1, 0.15) is 53.4 Å². The molecular weight excluding hydrogens is 232 g/mol. The zero-order chi connectivity index (χ0) is 11.9. The van der Waals surface area contributed by atoms with E-state index in [4.69, 9.17) is 10.7 Å². The van der Waals surface area contributed by atoms with Crippen LogP contribution < -0.4 is 0 Å². The van der Waals surface area contributed by atoms with Gasteiger partial charge in [-0.15, -0.1) is 0 Å². The average molecular weight is 253 g/mol. The van der Waals surface area contributed by atoms with Crippen molar-refractivity contribution in [1.29, 1.82) is 0 Å². The number of halogens is 1. The third kappa shape index (κ3) is 2.88. The molecule has 0 aromatic heterocycles. The van der Waals surface area contributed by atoms with Gasteiger partial charge >= 0.3 is 0 Å². The van der Waals surface area contributed by atoms with Gasteiger partial charge in [-0.2, -0.15) is 0 Å². The standard InChI is InChI=1S/C11H21ClO2S/c1-10(2)7-5-9(6-8-10)11(3,4)15(12,13)14/h9H,5-8H2,1-4H3. The van der Waals surface area contributed by atoms with Gasteiger partial charge in [0.2, 0.25) is 9.05 Å². The van der Waals surface area contributed by atoms with E-state index in [1.165, 1.54) is 0 Å². The average Bonchev–Trinajstić information content (AvgIpc) is 2.01. The molecule has 15 heavy (non-hydrogen) atoms. The monoisotopic (exact) mass is 252 g/mol. The first-order valence-corrected chi connectivity index (χ1v) is 7.81. The third-order valence-electron chi connectivity index (χ3n) is 3.95. The van der Waals surface area contributed by atoms with Crippen LogP contribution >= 0.6 is 10.7 Å². The molecule has 0 radical (unpaired) electrons. The van der Waals surface area contributed by atoms with Crippen LogP contribution in [-0.4, -0.2) is 13.2 Å². The Hall–Kier alpha value is 0.240. The van der Waals surface area contributed by atoms with Crippen LogP contribution in [-0.2, 0) is 9.05 Å². The van der Waals surface area contributed by atoms with E-state index in [-0.39, 0.29) is 5.92 Å². The molecule has 0 aromatic rings. The van der Waals surface area contributed by atoms with Crippen molar-refractivity contribution in [3.63, 3.8) is 0 Å². The Labute approximate surface area is 97.8 Å². The fourth-order valence-corrected chi connectivity index (χ4v) is 3.31. The molecule has 1 aliphatic carbocycles. The molecule has 0 N–H and O–H groups in total. The first-order chi connectivity index (χ1) is 6.56. The summed E-state index contributed by atoms with van der Waals surface area (Å²) < 4.78 is 22.2. The maximum absolute atomic E-state index is 11.5. The fraction of sp³-hybridized carbons (Fsp3) is 1.00. The van der Waals surface area contributed by atoms with E-state index in [9.17, 15) is 8.42 Å². The zero-order valence-electron chi connectivity index (χ0n) is 10.0. The highest BCUT2D eigenvalue weighted by Gasteiger charge is 2.43. The summed E-state index contributed by atoms with van der Waals surface area (Å²) in [5.41, 5.74) is 0.364. The molecule has 1 rings (SSSR count). The molecule has 0 spiro atoms. The Kier molecular flexibility index (Phi) is 3.48. The molecule has 90 valence electrons. The lowest BCUT2D eigenvalue weighted by Gasteiger charge is -2.40. The molecule has 1 fully saturated rings. The molecule has 0 saturated heterocycles. The summed E-state index contributed by atoms with van der Waals surface area (Å²) in [5.74, 6) is 0.202. The SMILES string of the molecule is CC1(C)CCC(C(C)(C)S(=O)(=O)Cl)CC1. The highest BCUT2D eigenvalue weighted by Crippen LogP contribution is 2.45. The third-order valence-corrected chi connectivity index (χ3v) is 6.73. The molecule has 1 aliphatic rings. The van der Waals surface area contributed by atoms with Crippen LogP contribution in [0.4, 0.5) is 0 Å². The lowest BCUT2D eigenvalue weighted by atomic mass is 9.70. The van der Waals surface area contributed by atoms with Crippen molar-refractivity contribution in [1.82, 2.24) is 0 Å². The molecule has 0 bridgehead atoms. The Bertz CT molecular complexity index is 320. The van der Waals surface area contributed by atoms with Gasteiger partial charge in [0.05, 0.1) is 4.75 Å². The minimum Gasteiger partial charge on any atom is -0.212 e. The van der Waals surface area contributed by atoms with Crippen LogP contribution in [0.25, 0.3) is 0 Å². The van der Waals surface area contributed by atoms with Gasteiger partial charge in [-0.25, -0.2) is 8.42 Å². The van der Waals surface area contributed by atoms with Gasteiger partial charge in [0.25, 0.3) is 0 Å². The van der Waals surface area contributed by atoms with Crippen molar-refractivity contribution in [3.05, 3.63) is 0 Å². The Balaban J connectivity index is 2.77. The highest BCUT2D eigenvalue weighted by molar-refractivity contribution is 8.14. The second kappa shape index (κ2) is 3.92. The van der Waals surface area contributed by atoms with Gasteiger partial charge in [0, 0.05) is 10.7 Å². The molecular formula is C11H21ClO2S. The van der Waals surface area contributed by atoms with Gasteiger partial charge < -0.3 is 0 Å². The zero-order valence-corrected chi connectivity index (χ0v) is 11.6. The van der Waals surface area contributed by atoms with Crippen LogP contribution in [0.2, 0.25) is 0 Å². The quantitative estimate of drug-likeness (QED) is 0.705. The van der Waals surface area contributed by atoms with Crippen molar-refractivity contribution in [2.75, 3.05) is 0 Å². The van der Waals surface area contributed by atoms with Crippen molar-refractivity contribution in [3.8, 4) is 0 Å². The van der Waals surface area contributed by atoms with Crippen molar-refractivity contribution < 1.29 is 8.42 Å². The molecule has 0 atom stereocenters. The largest absolute Gasteiger partial charge is 0.238 e. The summed E-state index contributed by atoms with van der Waals surface area (Å²) in [7, 11) is 2.03. The number of hydrogen-bond donors (Lipinski definition) is 0. The van der Waals surface area contributed by atoms with Crippen LogP contribution in [0, 0.1) is 11.3 Å². The smallest absolute Gasteiger partial charge is 0.212 e. The Morgan fingerprint density at radius 2 is 1.60 bits per heavy atom. The molecule has 0 aliphatic heterocycles. The molecule has 2 nitrogen and oxygen atoms in total. The summed E-state index contributed by atoms with van der Waals surface area (Å²) in [6.45, 7) is 7.98. The van der Waals surface area contributed by atoms with E-state index >= 15 is 0 Å². The molecule has 0 heterocycles. The summed E-state index contributed by atoms with van der Waals surface area (Å²) >= 11 is 0. The number of hydrogen-bond acceptors (Lipinski definition) is 2. The van der Waals surface area contributed by atoms with E-state index in [0.717, 1.165) is 25.7 Å². The lowest BCUT2D eigenvalue weighted by molar-refractivity contribution is 0.169. The second-order valence-electron chi connectivity index (χ2n) is 5.98. The van der Waals surface area contributed by atoms with Crippen molar-refractivity contribution >= 4 is 19.7 Å². The van der Waals surface area contributed by atoms with Gasteiger partial charge in [0.1, 0.15) is 0 Å². The molecule has 4 heteroatoms. The Morgan fingerprint density at radius 3 is 1.93 bits per heavy atom. The van der Waals surface area contributed by atoms with Gasteiger partial charge in [-0.05, 0) is 50.9 Å². The van der Waals surface area contributed by atoms with Crippen molar-refractivity contribution in [2.45, 2.75) is 58.1 Å². The molecule has 0 aromatic carbocycles. The summed E-state index contributed by atoms with van der Waals surface area (Å²) in [6.07, 6.45) is 4.11. The van der Waals surface area contributed by atoms with Crippen molar-refractivity contribution in [2.24, 2.45) is 11.3 Å². The summed E-state index contributed by atoms with van der Waals surface area (Å²) in [4.78, 5) is 0. The van der Waals surface area contributed by atoms with Gasteiger partial charge in [-0.1, -0.05) is 13.8 Å². The summed E-state index contributed by atoms with van der Waals surface area (Å²) in [5, 5.41) is 0. The van der Waals surface area contributed by atoms with Gasteiger partial charge in [-0.3, -0.25) is 0 Å². The van der Waals surface area contributed by atoms with E-state index in [0.29, 0.717) is 5.41 Å². The summed E-state index contributed by atoms with van der Waals surface area (Å²) in [6, 6.07) is 0. The minimum absolute atomic E-state index is 0.202. The Morgan fingerprint density at radius 1 is 1.20 bits per heavy atom. The van der Waals surface area contributed by atoms with E-state index < -0.39 is 13.8 Å². The van der Waals surface area contributed by atoms with E-state index in [2.05, 4.69) is 13.8 Å². The topological polar surface area (TPSA) is 34.1 Å². The predicted octanol–water partition coefficient (Wildman–Crippen LogP) is 3.55. The molecule has 0 unspecified atom stereocenters. The van der Waals surface area contributed by atoms with Gasteiger partial charge in [0.15, 0.2) is 0 Å². The molecule has 0 amide bonds. The van der Waals surface area contributed by atoms with Crippen LogP contribution in [0.3, 0.4) is 0 Å². The maximum Gasteiger partial charge on any atom is 0.238 e. The van der Waals surface area contributed by atoms with Crippen LogP contribution in [0.15, 0.2) is 0 Å². The number of rotatable bonds is 2. The minimum atomic E-state index is -3.47. The fourth-order valence-electron chi connectivity index (χ4n) is 2.29. The van der Waals surface area contributed by atoms with E-state index in [1.807, 2.05) is 0 Å². The molecule has 1 saturated carbocycles. The normalized spacial score (nSPS) is 24.1. The van der Waals surface area contributed by atoms with E-state index in [1.54, 1.807) is 13.8 Å². The first kappa shape index (κ1) is 13.3. The van der Waals surface area contributed by atoms with Crippen LogP contribution in [0.5, 0.6) is 0 Å². The second-order valence-corrected chi connectivity index (χ2v) is 9.13. The predicted molar refractivity (Wildman–Crippen MR) is 64.6 cm³/mol. The first-order valence-electron chi connectivity index (χ1n) is 5.50. The highest BCUT2D eigenvalue weighted by atomic mass is 35.7. The lowest BCUT2D eigenvalue weighted by Crippen LogP contribution is -2.40. The maximum atomic E-state index is 11.5.